The van der Waals surface area contributed by atoms with Gasteiger partial charge in [-0.25, -0.2) is 0 Å². The molecule has 1 aromatic carbocycles. The third kappa shape index (κ3) is 2.01. The lowest BCUT2D eigenvalue weighted by Gasteiger charge is -2.05. The average molecular weight is 195 g/mol. The van der Waals surface area contributed by atoms with Crippen LogP contribution >= 0.6 is 0 Å². The predicted octanol–water partition coefficient (Wildman–Crippen LogP) is 1.87. The van der Waals surface area contributed by atoms with Gasteiger partial charge in [-0.2, -0.15) is 0 Å². The van der Waals surface area contributed by atoms with E-state index in [0.29, 0.717) is 0 Å². The number of aromatic hydroxyl groups is 1. The molecule has 0 fully saturated rings. The second-order valence-electron chi connectivity index (χ2n) is 2.48. The summed E-state index contributed by atoms with van der Waals surface area (Å²) in [6.45, 7) is 3.51. The number of ether oxygens (including phenoxy) is 1. The minimum absolute atomic E-state index is 0.110. The number of nitro benzene ring substituents is 1. The molecule has 14 heavy (non-hydrogen) atoms. The standard InChI is InChI=1S/C9H9NO4/c1-2-6-14-9-7(10(12)13)4-3-5-8(9)11/h2-5,11H,1,6H2. The third-order valence-corrected chi connectivity index (χ3v) is 1.52. The van der Waals surface area contributed by atoms with Gasteiger partial charge in [-0.3, -0.25) is 10.1 Å². The number of para-hydroxylation sites is 1. The van der Waals surface area contributed by atoms with E-state index in [1.54, 1.807) is 0 Å². The van der Waals surface area contributed by atoms with Crippen LogP contribution in [0.15, 0.2) is 30.9 Å². The number of nitrogens with zero attached hydrogens (tertiary/aromatic N) is 1. The third-order valence-electron chi connectivity index (χ3n) is 1.52. The number of nitro groups is 1. The van der Waals surface area contributed by atoms with Gasteiger partial charge in [0.25, 0.3) is 0 Å². The molecule has 0 heterocycles. The first-order chi connectivity index (χ1) is 6.66. The van der Waals surface area contributed by atoms with E-state index in [-0.39, 0.29) is 23.8 Å². The first kappa shape index (κ1) is 10.0. The van der Waals surface area contributed by atoms with E-state index in [9.17, 15) is 15.2 Å². The summed E-state index contributed by atoms with van der Waals surface area (Å²) in [6, 6.07) is 3.97. The molecule has 0 aliphatic heterocycles. The van der Waals surface area contributed by atoms with Crippen molar-refractivity contribution in [2.45, 2.75) is 0 Å². The Balaban J connectivity index is 3.08. The van der Waals surface area contributed by atoms with Gasteiger partial charge in [-0.1, -0.05) is 18.7 Å². The van der Waals surface area contributed by atoms with Crippen molar-refractivity contribution in [2.24, 2.45) is 0 Å². The van der Waals surface area contributed by atoms with Crippen LogP contribution in [0.3, 0.4) is 0 Å². The van der Waals surface area contributed by atoms with Gasteiger partial charge in [-0.15, -0.1) is 0 Å². The number of phenolic OH excluding ortho intramolecular Hbond substituents is 1. The van der Waals surface area contributed by atoms with Crippen molar-refractivity contribution in [3.63, 3.8) is 0 Å². The fourth-order valence-electron chi connectivity index (χ4n) is 0.947. The van der Waals surface area contributed by atoms with Crippen molar-refractivity contribution in [1.82, 2.24) is 0 Å². The van der Waals surface area contributed by atoms with Gasteiger partial charge in [0.2, 0.25) is 5.75 Å². The van der Waals surface area contributed by atoms with Crippen LogP contribution in [0.2, 0.25) is 0 Å². The molecule has 5 nitrogen and oxygen atoms in total. The molecule has 1 N–H and O–H groups in total. The Kier molecular flexibility index (Phi) is 3.06. The van der Waals surface area contributed by atoms with Crippen LogP contribution in [-0.4, -0.2) is 16.6 Å². The Bertz CT molecular complexity index is 362. The highest BCUT2D eigenvalue weighted by molar-refractivity contribution is 5.54. The van der Waals surface area contributed by atoms with Crippen LogP contribution in [-0.2, 0) is 0 Å². The number of rotatable bonds is 4. The fourth-order valence-corrected chi connectivity index (χ4v) is 0.947. The van der Waals surface area contributed by atoms with E-state index in [1.807, 2.05) is 0 Å². The van der Waals surface area contributed by atoms with Crippen molar-refractivity contribution in [2.75, 3.05) is 6.61 Å². The summed E-state index contributed by atoms with van der Waals surface area (Å²) < 4.78 is 4.97. The molecule has 0 aromatic heterocycles. The zero-order valence-electron chi connectivity index (χ0n) is 7.34. The van der Waals surface area contributed by atoms with Crippen molar-refractivity contribution < 1.29 is 14.8 Å². The van der Waals surface area contributed by atoms with Crippen LogP contribution in [0.1, 0.15) is 0 Å². The molecule has 5 heteroatoms. The fraction of sp³-hybridized carbons (Fsp3) is 0.111. The number of phenols is 1. The maximum Gasteiger partial charge on any atom is 0.314 e. The molecule has 0 atom stereocenters. The largest absolute Gasteiger partial charge is 0.504 e. The Morgan fingerprint density at radius 1 is 1.64 bits per heavy atom. The van der Waals surface area contributed by atoms with E-state index >= 15 is 0 Å². The molecule has 74 valence electrons. The molecule has 0 radical (unpaired) electrons. The molecule has 0 amide bonds. The normalized spacial score (nSPS) is 9.43. The highest BCUT2D eigenvalue weighted by Crippen LogP contribution is 2.35. The lowest BCUT2D eigenvalue weighted by Crippen LogP contribution is -1.98. The zero-order chi connectivity index (χ0) is 10.6. The smallest absolute Gasteiger partial charge is 0.314 e. The molecule has 1 rings (SSSR count). The second kappa shape index (κ2) is 4.27. The van der Waals surface area contributed by atoms with E-state index in [0.717, 1.165) is 0 Å². The van der Waals surface area contributed by atoms with E-state index in [2.05, 4.69) is 6.58 Å². The molecular weight excluding hydrogens is 186 g/mol. The summed E-state index contributed by atoms with van der Waals surface area (Å²) >= 11 is 0. The maximum absolute atomic E-state index is 10.5. The molecule has 0 saturated carbocycles. The summed E-state index contributed by atoms with van der Waals surface area (Å²) in [5, 5.41) is 19.8. The summed E-state index contributed by atoms with van der Waals surface area (Å²) in [7, 11) is 0. The Labute approximate surface area is 80.4 Å². The zero-order valence-corrected chi connectivity index (χ0v) is 7.34. The van der Waals surface area contributed by atoms with Gasteiger partial charge in [0, 0.05) is 6.07 Å². The first-order valence-corrected chi connectivity index (χ1v) is 3.87. The molecule has 0 bridgehead atoms. The van der Waals surface area contributed by atoms with Crippen LogP contribution in [0.25, 0.3) is 0 Å². The monoisotopic (exact) mass is 195 g/mol. The SMILES string of the molecule is C=CCOc1c(O)cccc1[N+](=O)[O-]. The van der Waals surface area contributed by atoms with Gasteiger partial charge in [-0.05, 0) is 6.07 Å². The van der Waals surface area contributed by atoms with E-state index < -0.39 is 4.92 Å². The Morgan fingerprint density at radius 3 is 2.93 bits per heavy atom. The topological polar surface area (TPSA) is 72.6 Å². The van der Waals surface area contributed by atoms with Crippen LogP contribution in [0.5, 0.6) is 11.5 Å². The van der Waals surface area contributed by atoms with Crippen LogP contribution < -0.4 is 4.74 Å². The minimum Gasteiger partial charge on any atom is -0.504 e. The number of hydrogen-bond acceptors (Lipinski definition) is 4. The molecule has 1 aromatic rings. The van der Waals surface area contributed by atoms with Gasteiger partial charge < -0.3 is 9.84 Å². The van der Waals surface area contributed by atoms with E-state index in [1.165, 1.54) is 24.3 Å². The van der Waals surface area contributed by atoms with Crippen LogP contribution in [0.4, 0.5) is 5.69 Å². The quantitative estimate of drug-likeness (QED) is 0.452. The predicted molar refractivity (Wildman–Crippen MR) is 50.5 cm³/mol. The highest BCUT2D eigenvalue weighted by Gasteiger charge is 2.18. The maximum atomic E-state index is 10.5. The Morgan fingerprint density at radius 2 is 2.36 bits per heavy atom. The summed E-state index contributed by atoms with van der Waals surface area (Å²) in [5.41, 5.74) is -0.258. The molecule has 0 saturated heterocycles. The van der Waals surface area contributed by atoms with Gasteiger partial charge in [0.1, 0.15) is 6.61 Å². The minimum atomic E-state index is -0.613. The molecule has 0 aliphatic rings. The average Bonchev–Trinajstić information content (AvgIpc) is 2.15. The van der Waals surface area contributed by atoms with Gasteiger partial charge >= 0.3 is 5.69 Å². The molecule has 0 spiro atoms. The summed E-state index contributed by atoms with van der Waals surface area (Å²) in [4.78, 5) is 9.91. The van der Waals surface area contributed by atoms with Crippen molar-refractivity contribution in [3.05, 3.63) is 41.0 Å². The van der Waals surface area contributed by atoms with E-state index in [4.69, 9.17) is 4.74 Å². The van der Waals surface area contributed by atoms with Gasteiger partial charge in [0.05, 0.1) is 4.92 Å². The first-order valence-electron chi connectivity index (χ1n) is 3.87. The summed E-state index contributed by atoms with van der Waals surface area (Å²) in [6.07, 6.45) is 1.44. The van der Waals surface area contributed by atoms with Crippen molar-refractivity contribution in [1.29, 1.82) is 0 Å². The van der Waals surface area contributed by atoms with Crippen LogP contribution in [0, 0.1) is 10.1 Å². The van der Waals surface area contributed by atoms with Gasteiger partial charge in [0.15, 0.2) is 5.75 Å². The second-order valence-corrected chi connectivity index (χ2v) is 2.48. The number of benzene rings is 1. The van der Waals surface area contributed by atoms with Crippen molar-refractivity contribution in [3.8, 4) is 11.5 Å². The lowest BCUT2D eigenvalue weighted by molar-refractivity contribution is -0.385. The highest BCUT2D eigenvalue weighted by atomic mass is 16.6. The number of hydrogen-bond donors (Lipinski definition) is 1. The summed E-state index contributed by atoms with van der Waals surface area (Å²) in [5.74, 6) is -0.376. The molecule has 0 unspecified atom stereocenters. The Hall–Kier alpha value is -2.04. The molecule has 0 aliphatic carbocycles. The lowest BCUT2D eigenvalue weighted by atomic mass is 10.3. The van der Waals surface area contributed by atoms with Crippen molar-refractivity contribution >= 4 is 5.69 Å². The molecular formula is C9H9NO4.